The molecule has 3 aliphatic rings. The Labute approximate surface area is 276 Å². The Morgan fingerprint density at radius 3 is 2.69 bits per heavy atom. The fraction of sp³-hybridized carbons (Fsp3) is 0.424. The lowest BCUT2D eigenvalue weighted by Gasteiger charge is -2.35. The molecule has 5 atom stereocenters. The first-order valence-electron chi connectivity index (χ1n) is 15.9. The van der Waals surface area contributed by atoms with Gasteiger partial charge in [-0.05, 0) is 63.8 Å². The number of hydrogen-bond donors (Lipinski definition) is 2. The number of likely N-dealkylation sites (tertiary alicyclic amines) is 1. The highest BCUT2D eigenvalue weighted by Crippen LogP contribution is 2.50. The van der Waals surface area contributed by atoms with Crippen LogP contribution >= 0.6 is 0 Å². The van der Waals surface area contributed by atoms with Gasteiger partial charge in [-0.15, -0.1) is 0 Å². The lowest BCUT2D eigenvalue weighted by Crippen LogP contribution is -2.39. The predicted molar refractivity (Wildman–Crippen MR) is 170 cm³/mol. The van der Waals surface area contributed by atoms with Gasteiger partial charge in [0.05, 0.1) is 35.6 Å². The number of aromatic nitrogens is 6. The first-order valence-corrected chi connectivity index (χ1v) is 15.9. The number of piperidine rings is 1. The van der Waals surface area contributed by atoms with E-state index in [0.717, 1.165) is 19.2 Å². The van der Waals surface area contributed by atoms with Crippen LogP contribution in [0.15, 0.2) is 24.5 Å². The molecule has 2 fully saturated rings. The standard InChI is InChI=1S/C33H32F5N9O2/c1-13-5-21-20(9-41-45-21)23(25(13)33(36,37)38)27-26(35)28-24-30(44-32(43-28)49-12-22-19-6-16(19)10-46(22)4)47(14(2)11-48-31(24)42-27)15(3)18-7-17(34)8-40-29(18)39/h5,7-9,14-16,19,22H,6,10-12H2,1-4H3,(H2,39,40)(H,41,45)/t14-,15+,16+,19+,22-/m0/s1. The number of aryl methyl sites for hydroxylation is 1. The number of alkyl halides is 3. The molecule has 0 radical (unpaired) electrons. The van der Waals surface area contributed by atoms with Crippen LogP contribution in [0.1, 0.15) is 43.0 Å². The number of anilines is 2. The molecule has 8 rings (SSSR count). The number of rotatable bonds is 6. The number of halogens is 5. The SMILES string of the molecule is Cc1cc2[nH]ncc2c(-c2nc3c4c(nc(OC[C@H]5[C@@H]6C[C@@H]6CN5C)nc4c2F)N([C@H](C)c2cc(F)cnc2N)[C@@H](C)CO3)c1C(F)(F)F. The van der Waals surface area contributed by atoms with Crippen molar-refractivity contribution in [1.82, 2.24) is 35.0 Å². The molecule has 3 N–H and O–H groups in total. The van der Waals surface area contributed by atoms with Crippen LogP contribution in [0.3, 0.4) is 0 Å². The fourth-order valence-corrected chi connectivity index (χ4v) is 7.66. The van der Waals surface area contributed by atoms with E-state index in [-0.39, 0.29) is 70.2 Å². The largest absolute Gasteiger partial charge is 0.475 e. The van der Waals surface area contributed by atoms with Crippen molar-refractivity contribution in [2.45, 2.75) is 51.5 Å². The normalized spacial score (nSPS) is 22.7. The van der Waals surface area contributed by atoms with Crippen LogP contribution in [0.2, 0.25) is 0 Å². The lowest BCUT2D eigenvalue weighted by atomic mass is 9.94. The monoisotopic (exact) mass is 681 g/mol. The van der Waals surface area contributed by atoms with Crippen molar-refractivity contribution in [3.63, 3.8) is 0 Å². The van der Waals surface area contributed by atoms with Crippen LogP contribution in [0, 0.1) is 30.4 Å². The van der Waals surface area contributed by atoms with E-state index in [2.05, 4.69) is 30.0 Å². The van der Waals surface area contributed by atoms with E-state index in [1.165, 1.54) is 25.3 Å². The summed E-state index contributed by atoms with van der Waals surface area (Å²) >= 11 is 0. The second-order valence-electron chi connectivity index (χ2n) is 13.3. The van der Waals surface area contributed by atoms with E-state index < -0.39 is 46.7 Å². The maximum atomic E-state index is 17.1. The average Bonchev–Trinajstić information content (AvgIpc) is 3.54. The van der Waals surface area contributed by atoms with E-state index in [4.69, 9.17) is 20.2 Å². The number of aromatic amines is 1. The summed E-state index contributed by atoms with van der Waals surface area (Å²) in [5.74, 6) is -0.588. The number of nitrogens with two attached hydrogens (primary N) is 1. The van der Waals surface area contributed by atoms with Gasteiger partial charge in [0.1, 0.15) is 47.3 Å². The van der Waals surface area contributed by atoms with Crippen molar-refractivity contribution in [3.05, 3.63) is 52.9 Å². The average molecular weight is 682 g/mol. The van der Waals surface area contributed by atoms with Crippen LogP contribution in [0.25, 0.3) is 33.1 Å². The van der Waals surface area contributed by atoms with Gasteiger partial charge in [-0.2, -0.15) is 28.2 Å². The van der Waals surface area contributed by atoms with Crippen LogP contribution in [-0.2, 0) is 6.18 Å². The zero-order valence-electron chi connectivity index (χ0n) is 26.9. The predicted octanol–water partition coefficient (Wildman–Crippen LogP) is 5.83. The van der Waals surface area contributed by atoms with E-state index in [1.807, 2.05) is 14.0 Å². The summed E-state index contributed by atoms with van der Waals surface area (Å²) in [6.45, 7) is 6.00. The number of pyridine rings is 2. The zero-order valence-corrected chi connectivity index (χ0v) is 26.9. The molecular formula is C33H32F5N9O2. The van der Waals surface area contributed by atoms with Gasteiger partial charge in [0, 0.05) is 29.1 Å². The molecule has 0 amide bonds. The maximum Gasteiger partial charge on any atom is 0.417 e. The number of benzene rings is 1. The molecule has 0 spiro atoms. The van der Waals surface area contributed by atoms with Crippen LogP contribution in [-0.4, -0.2) is 73.9 Å². The minimum atomic E-state index is -4.86. The van der Waals surface area contributed by atoms with Gasteiger partial charge in [-0.1, -0.05) is 0 Å². The molecule has 256 valence electrons. The number of likely N-dealkylation sites (N-methyl/N-ethyl adjacent to an activating group) is 1. The Balaban J connectivity index is 1.37. The minimum Gasteiger partial charge on any atom is -0.475 e. The first-order chi connectivity index (χ1) is 23.3. The molecule has 1 aliphatic carbocycles. The molecule has 5 aromatic rings. The summed E-state index contributed by atoms with van der Waals surface area (Å²) in [5, 5.41) is 6.66. The Kier molecular flexibility index (Phi) is 7.10. The van der Waals surface area contributed by atoms with Gasteiger partial charge in [0.25, 0.3) is 0 Å². The third-order valence-electron chi connectivity index (χ3n) is 10.1. The molecule has 16 heteroatoms. The van der Waals surface area contributed by atoms with E-state index in [0.29, 0.717) is 17.4 Å². The summed E-state index contributed by atoms with van der Waals surface area (Å²) < 4.78 is 87.8. The van der Waals surface area contributed by atoms with Gasteiger partial charge < -0.3 is 20.1 Å². The van der Waals surface area contributed by atoms with Gasteiger partial charge in [0.2, 0.25) is 5.88 Å². The van der Waals surface area contributed by atoms with Crippen molar-refractivity contribution >= 4 is 33.4 Å². The van der Waals surface area contributed by atoms with Crippen molar-refractivity contribution in [3.8, 4) is 23.1 Å². The van der Waals surface area contributed by atoms with Crippen molar-refractivity contribution in [2.24, 2.45) is 11.8 Å². The smallest absolute Gasteiger partial charge is 0.417 e. The number of H-pyrrole nitrogens is 1. The van der Waals surface area contributed by atoms with E-state index >= 15 is 4.39 Å². The lowest BCUT2D eigenvalue weighted by molar-refractivity contribution is -0.137. The summed E-state index contributed by atoms with van der Waals surface area (Å²) in [6, 6.07) is 1.33. The molecule has 0 bridgehead atoms. The molecular weight excluding hydrogens is 649 g/mol. The molecule has 0 unspecified atom stereocenters. The number of nitrogens with one attached hydrogen (secondary N) is 1. The Hall–Kier alpha value is -4.86. The molecule has 1 aromatic carbocycles. The third kappa shape index (κ3) is 5.06. The molecule has 6 heterocycles. The molecule has 4 aromatic heterocycles. The first kappa shape index (κ1) is 31.4. The minimum absolute atomic E-state index is 0.0243. The number of nitrogen functional groups attached to an aromatic ring is 1. The number of hydrogen-bond acceptors (Lipinski definition) is 10. The van der Waals surface area contributed by atoms with Crippen LogP contribution in [0.5, 0.6) is 11.9 Å². The van der Waals surface area contributed by atoms with Crippen molar-refractivity contribution in [2.75, 3.05) is 37.4 Å². The third-order valence-corrected chi connectivity index (χ3v) is 10.1. The zero-order chi connectivity index (χ0) is 34.5. The van der Waals surface area contributed by atoms with Gasteiger partial charge in [0.15, 0.2) is 5.82 Å². The highest BCUT2D eigenvalue weighted by molar-refractivity contribution is 6.02. The fourth-order valence-electron chi connectivity index (χ4n) is 7.66. The van der Waals surface area contributed by atoms with Gasteiger partial charge in [-0.3, -0.25) is 10.00 Å². The summed E-state index contributed by atoms with van der Waals surface area (Å²) in [4.78, 5) is 21.6. The molecule has 1 saturated carbocycles. The molecule has 11 nitrogen and oxygen atoms in total. The molecule has 1 saturated heterocycles. The van der Waals surface area contributed by atoms with Crippen molar-refractivity contribution < 1.29 is 31.4 Å². The highest BCUT2D eigenvalue weighted by Gasteiger charge is 2.51. The summed E-state index contributed by atoms with van der Waals surface area (Å²) in [5.41, 5.74) is 4.16. The van der Waals surface area contributed by atoms with Crippen molar-refractivity contribution in [1.29, 1.82) is 0 Å². The maximum absolute atomic E-state index is 17.1. The quantitative estimate of drug-likeness (QED) is 0.211. The van der Waals surface area contributed by atoms with Gasteiger partial charge >= 0.3 is 12.2 Å². The van der Waals surface area contributed by atoms with Gasteiger partial charge in [-0.25, -0.2) is 18.7 Å². The number of ether oxygens (including phenoxy) is 2. The number of nitrogens with zero attached hydrogens (tertiary/aromatic N) is 7. The molecule has 49 heavy (non-hydrogen) atoms. The Morgan fingerprint density at radius 2 is 1.96 bits per heavy atom. The Morgan fingerprint density at radius 1 is 1.16 bits per heavy atom. The second kappa shape index (κ2) is 11.1. The van der Waals surface area contributed by atoms with Crippen LogP contribution < -0.4 is 20.1 Å². The molecule has 2 aliphatic heterocycles. The Bertz CT molecular complexity index is 2140. The summed E-state index contributed by atoms with van der Waals surface area (Å²) in [7, 11) is 2.01. The van der Waals surface area contributed by atoms with E-state index in [9.17, 15) is 17.6 Å². The highest BCUT2D eigenvalue weighted by atomic mass is 19.4. The number of fused-ring (bicyclic) bond motifs is 2. The topological polar surface area (TPSA) is 131 Å². The van der Waals surface area contributed by atoms with E-state index in [1.54, 1.807) is 11.8 Å². The summed E-state index contributed by atoms with van der Waals surface area (Å²) in [6.07, 6.45) is -1.55. The van der Waals surface area contributed by atoms with Crippen LogP contribution in [0.4, 0.5) is 33.6 Å². The second-order valence-corrected chi connectivity index (χ2v) is 13.3.